The molecule has 1 fully saturated rings. The van der Waals surface area contributed by atoms with E-state index in [2.05, 4.69) is 10.4 Å². The summed E-state index contributed by atoms with van der Waals surface area (Å²) >= 11 is 0. The summed E-state index contributed by atoms with van der Waals surface area (Å²) in [5.41, 5.74) is 1.21. The SMILES string of the molecule is CC[N+]1(Cc2cc(F)ccc2F)C=C(NC2CCN(C(C)=O)CC2)C=N1. The molecular weight excluding hydrogens is 338 g/mol. The van der Waals surface area contributed by atoms with Gasteiger partial charge in [-0.05, 0) is 38.0 Å². The van der Waals surface area contributed by atoms with E-state index in [4.69, 9.17) is 0 Å². The van der Waals surface area contributed by atoms with Gasteiger partial charge in [0.25, 0.3) is 0 Å². The maximum Gasteiger partial charge on any atom is 0.219 e. The number of hydrogen-bond acceptors (Lipinski definition) is 3. The van der Waals surface area contributed by atoms with Gasteiger partial charge in [-0.3, -0.25) is 4.79 Å². The first-order valence-electron chi connectivity index (χ1n) is 9.02. The third-order valence-corrected chi connectivity index (χ3v) is 5.12. The van der Waals surface area contributed by atoms with E-state index in [9.17, 15) is 13.6 Å². The molecule has 1 unspecified atom stereocenters. The van der Waals surface area contributed by atoms with Crippen LogP contribution in [0.2, 0.25) is 0 Å². The Balaban J connectivity index is 1.66. The molecule has 2 heterocycles. The van der Waals surface area contributed by atoms with E-state index >= 15 is 0 Å². The Morgan fingerprint density at radius 1 is 1.35 bits per heavy atom. The molecule has 1 aromatic carbocycles. The van der Waals surface area contributed by atoms with Gasteiger partial charge in [-0.15, -0.1) is 0 Å². The first-order valence-corrected chi connectivity index (χ1v) is 9.02. The van der Waals surface area contributed by atoms with Crippen LogP contribution in [0.4, 0.5) is 8.78 Å². The molecule has 0 spiro atoms. The molecule has 1 amide bonds. The minimum atomic E-state index is -0.446. The average Bonchev–Trinajstić information content (AvgIpc) is 3.02. The number of likely N-dealkylation sites (tertiary alicyclic amines) is 1. The molecule has 2 aliphatic rings. The number of allylic oxidation sites excluding steroid dienone is 1. The summed E-state index contributed by atoms with van der Waals surface area (Å²) in [6.07, 6.45) is 5.49. The molecule has 5 nitrogen and oxygen atoms in total. The largest absolute Gasteiger partial charge is 0.376 e. The second-order valence-electron chi connectivity index (χ2n) is 6.95. The molecule has 0 saturated carbocycles. The van der Waals surface area contributed by atoms with E-state index in [0.717, 1.165) is 43.8 Å². The van der Waals surface area contributed by atoms with E-state index in [0.29, 0.717) is 12.1 Å². The molecule has 0 aliphatic carbocycles. The van der Waals surface area contributed by atoms with E-state index in [1.807, 2.05) is 18.0 Å². The van der Waals surface area contributed by atoms with Crippen LogP contribution in [-0.2, 0) is 11.3 Å². The van der Waals surface area contributed by atoms with Crippen LogP contribution < -0.4 is 5.32 Å². The number of piperidine rings is 1. The van der Waals surface area contributed by atoms with Crippen LogP contribution in [0.25, 0.3) is 0 Å². The van der Waals surface area contributed by atoms with Gasteiger partial charge < -0.3 is 10.2 Å². The fourth-order valence-corrected chi connectivity index (χ4v) is 3.48. The second-order valence-corrected chi connectivity index (χ2v) is 6.95. The van der Waals surface area contributed by atoms with Gasteiger partial charge in [0.05, 0.1) is 0 Å². The molecule has 3 rings (SSSR count). The summed E-state index contributed by atoms with van der Waals surface area (Å²) in [7, 11) is 0. The standard InChI is InChI=1S/C19H25F2N4O/c1-3-25(12-15-10-16(20)4-5-19(15)21)13-18(11-22-25)23-17-6-8-24(9-7-17)14(2)26/h4-5,10-11,13,17,23H,3,6-9,12H2,1-2H3/q+1. The highest BCUT2D eigenvalue weighted by atomic mass is 19.1. The summed E-state index contributed by atoms with van der Waals surface area (Å²) in [6.45, 7) is 5.97. The summed E-state index contributed by atoms with van der Waals surface area (Å²) in [6, 6.07) is 3.80. The number of rotatable bonds is 5. The van der Waals surface area contributed by atoms with Crippen LogP contribution in [0, 0.1) is 11.6 Å². The van der Waals surface area contributed by atoms with Crippen molar-refractivity contribution in [2.45, 2.75) is 39.3 Å². The zero-order valence-electron chi connectivity index (χ0n) is 15.2. The normalized spacial score (nSPS) is 23.2. The summed E-state index contributed by atoms with van der Waals surface area (Å²) in [5.74, 6) is -0.749. The molecule has 0 aromatic heterocycles. The Bertz CT molecular complexity index is 741. The number of halogens is 2. The minimum Gasteiger partial charge on any atom is -0.376 e. The van der Waals surface area contributed by atoms with Crippen LogP contribution in [0.15, 0.2) is 35.2 Å². The summed E-state index contributed by atoms with van der Waals surface area (Å²) in [4.78, 5) is 13.3. The van der Waals surface area contributed by atoms with Gasteiger partial charge in [-0.25, -0.2) is 8.78 Å². The van der Waals surface area contributed by atoms with Gasteiger partial charge in [-0.1, -0.05) is 5.10 Å². The van der Waals surface area contributed by atoms with Crippen LogP contribution in [0.5, 0.6) is 0 Å². The molecule has 0 bridgehead atoms. The van der Waals surface area contributed by atoms with Crippen molar-refractivity contribution in [2.75, 3.05) is 19.6 Å². The Kier molecular flexibility index (Phi) is 5.36. The highest BCUT2D eigenvalue weighted by molar-refractivity contribution is 5.78. The second kappa shape index (κ2) is 7.53. The van der Waals surface area contributed by atoms with Gasteiger partial charge in [0.2, 0.25) is 5.91 Å². The van der Waals surface area contributed by atoms with Gasteiger partial charge in [-0.2, -0.15) is 4.59 Å². The van der Waals surface area contributed by atoms with E-state index in [1.54, 1.807) is 13.1 Å². The van der Waals surface area contributed by atoms with Gasteiger partial charge in [0.1, 0.15) is 42.8 Å². The zero-order chi connectivity index (χ0) is 18.7. The summed E-state index contributed by atoms with van der Waals surface area (Å²) in [5, 5.41) is 8.01. The van der Waals surface area contributed by atoms with Crippen LogP contribution in [0.1, 0.15) is 32.3 Å². The lowest BCUT2D eigenvalue weighted by Crippen LogP contribution is -2.44. The maximum atomic E-state index is 14.0. The Hall–Kier alpha value is -2.28. The highest BCUT2D eigenvalue weighted by Gasteiger charge is 2.31. The van der Waals surface area contributed by atoms with Crippen molar-refractivity contribution in [3.63, 3.8) is 0 Å². The van der Waals surface area contributed by atoms with Crippen molar-refractivity contribution in [3.05, 3.63) is 47.3 Å². The number of hydrogen-bond donors (Lipinski definition) is 1. The van der Waals surface area contributed by atoms with Crippen molar-refractivity contribution in [1.82, 2.24) is 10.2 Å². The Morgan fingerprint density at radius 2 is 2.08 bits per heavy atom. The molecule has 2 aliphatic heterocycles. The highest BCUT2D eigenvalue weighted by Crippen LogP contribution is 2.24. The van der Waals surface area contributed by atoms with Crippen molar-refractivity contribution >= 4 is 12.1 Å². The molecular formula is C19H25F2N4O+. The zero-order valence-corrected chi connectivity index (χ0v) is 15.2. The number of nitrogens with one attached hydrogen (secondary N) is 1. The Labute approximate surface area is 152 Å². The van der Waals surface area contributed by atoms with Crippen LogP contribution >= 0.6 is 0 Å². The fraction of sp³-hybridized carbons (Fsp3) is 0.474. The molecule has 1 saturated heterocycles. The summed E-state index contributed by atoms with van der Waals surface area (Å²) < 4.78 is 27.7. The molecule has 26 heavy (non-hydrogen) atoms. The first kappa shape index (κ1) is 18.5. The first-order chi connectivity index (χ1) is 12.4. The lowest BCUT2D eigenvalue weighted by molar-refractivity contribution is -0.895. The number of benzene rings is 1. The molecule has 140 valence electrons. The number of amides is 1. The van der Waals surface area contributed by atoms with Crippen molar-refractivity contribution < 1.29 is 18.2 Å². The molecule has 1 aromatic rings. The quantitative estimate of drug-likeness (QED) is 0.818. The van der Waals surface area contributed by atoms with Crippen LogP contribution in [0.3, 0.4) is 0 Å². The molecule has 1 atom stereocenters. The van der Waals surface area contributed by atoms with Gasteiger partial charge >= 0.3 is 0 Å². The van der Waals surface area contributed by atoms with Crippen LogP contribution in [-0.4, -0.2) is 47.3 Å². The smallest absolute Gasteiger partial charge is 0.219 e. The van der Waals surface area contributed by atoms with Crippen molar-refractivity contribution in [3.8, 4) is 0 Å². The number of quaternary nitrogens is 1. The van der Waals surface area contributed by atoms with E-state index < -0.39 is 11.6 Å². The number of carbonyl (C=O) groups excluding carboxylic acids is 1. The maximum absolute atomic E-state index is 14.0. The molecule has 1 N–H and O–H groups in total. The Morgan fingerprint density at radius 3 is 2.73 bits per heavy atom. The third-order valence-electron chi connectivity index (χ3n) is 5.12. The lowest BCUT2D eigenvalue weighted by atomic mass is 10.0. The van der Waals surface area contributed by atoms with Crippen molar-refractivity contribution in [2.24, 2.45) is 5.10 Å². The van der Waals surface area contributed by atoms with E-state index in [-0.39, 0.29) is 23.1 Å². The van der Waals surface area contributed by atoms with Gasteiger partial charge in [0.15, 0.2) is 0 Å². The van der Waals surface area contributed by atoms with Gasteiger partial charge in [0, 0.05) is 31.6 Å². The fourth-order valence-electron chi connectivity index (χ4n) is 3.48. The predicted octanol–water partition coefficient (Wildman–Crippen LogP) is 2.74. The van der Waals surface area contributed by atoms with E-state index in [1.165, 1.54) is 6.07 Å². The van der Waals surface area contributed by atoms with Crippen molar-refractivity contribution in [1.29, 1.82) is 0 Å². The number of nitrogens with zero attached hydrogens (tertiary/aromatic N) is 3. The molecule has 0 radical (unpaired) electrons. The number of carbonyl (C=O) groups is 1. The lowest BCUT2D eigenvalue weighted by Gasteiger charge is -2.32. The monoisotopic (exact) mass is 363 g/mol. The topological polar surface area (TPSA) is 44.7 Å². The third kappa shape index (κ3) is 4.09. The minimum absolute atomic E-state index is 0.115. The average molecular weight is 363 g/mol. The predicted molar refractivity (Wildman–Crippen MR) is 95.9 cm³/mol. The molecule has 7 heteroatoms.